The Balaban J connectivity index is 1.97. The van der Waals surface area contributed by atoms with E-state index in [0.717, 1.165) is 28.2 Å². The Labute approximate surface area is 174 Å². The quantitative estimate of drug-likeness (QED) is 0.286. The van der Waals surface area contributed by atoms with Gasteiger partial charge >= 0.3 is 0 Å². The molecule has 0 radical (unpaired) electrons. The second-order valence-electron chi connectivity index (χ2n) is 6.88. The topological polar surface area (TPSA) is 101 Å². The number of carbonyl (C=O) groups excluding carboxylic acids is 1. The highest BCUT2D eigenvalue weighted by atomic mass is 16.6. The van der Waals surface area contributed by atoms with Crippen molar-refractivity contribution in [3.63, 3.8) is 0 Å². The molecule has 1 amide bonds. The lowest BCUT2D eigenvalue weighted by Gasteiger charge is -2.12. The molecule has 1 heterocycles. The molecular weight excluding hydrogens is 380 g/mol. The van der Waals surface area contributed by atoms with E-state index >= 15 is 0 Å². The van der Waals surface area contributed by atoms with Crippen LogP contribution in [0.2, 0.25) is 0 Å². The number of benzene rings is 2. The van der Waals surface area contributed by atoms with E-state index in [-0.39, 0.29) is 11.3 Å². The molecule has 30 heavy (non-hydrogen) atoms. The first-order chi connectivity index (χ1) is 14.3. The smallest absolute Gasteiger partial charge is 0.269 e. The summed E-state index contributed by atoms with van der Waals surface area (Å²) in [5.74, 6) is -0.486. The molecule has 0 unspecified atom stereocenters. The van der Waals surface area contributed by atoms with Gasteiger partial charge in [0.15, 0.2) is 0 Å². The van der Waals surface area contributed by atoms with E-state index < -0.39 is 10.8 Å². The normalized spacial score (nSPS) is 11.1. The van der Waals surface area contributed by atoms with Gasteiger partial charge in [-0.15, -0.1) is 0 Å². The van der Waals surface area contributed by atoms with Gasteiger partial charge in [0.1, 0.15) is 11.6 Å². The molecule has 0 saturated carbocycles. The van der Waals surface area contributed by atoms with Crippen molar-refractivity contribution in [3.05, 3.63) is 92.8 Å². The van der Waals surface area contributed by atoms with Crippen molar-refractivity contribution in [2.75, 3.05) is 5.32 Å². The number of aromatic nitrogens is 1. The van der Waals surface area contributed by atoms with E-state index in [0.29, 0.717) is 5.69 Å². The molecule has 3 aromatic rings. The van der Waals surface area contributed by atoms with Crippen molar-refractivity contribution in [3.8, 4) is 11.8 Å². The zero-order valence-electron chi connectivity index (χ0n) is 16.8. The van der Waals surface area contributed by atoms with E-state index in [9.17, 15) is 20.2 Å². The molecule has 1 N–H and O–H groups in total. The summed E-state index contributed by atoms with van der Waals surface area (Å²) in [6, 6.07) is 17.5. The fraction of sp³-hybridized carbons (Fsp3) is 0.130. The average Bonchev–Trinajstić information content (AvgIpc) is 2.99. The van der Waals surface area contributed by atoms with Crippen LogP contribution < -0.4 is 5.32 Å². The second-order valence-corrected chi connectivity index (χ2v) is 6.88. The van der Waals surface area contributed by atoms with Gasteiger partial charge in [0, 0.05) is 34.9 Å². The molecule has 1 aromatic heterocycles. The predicted octanol–water partition coefficient (Wildman–Crippen LogP) is 4.86. The summed E-state index contributed by atoms with van der Waals surface area (Å²) in [5, 5.41) is 23.2. The molecule has 0 atom stereocenters. The van der Waals surface area contributed by atoms with Gasteiger partial charge in [0.2, 0.25) is 0 Å². The number of nitriles is 1. The van der Waals surface area contributed by atoms with Crippen molar-refractivity contribution in [2.45, 2.75) is 20.8 Å². The summed E-state index contributed by atoms with van der Waals surface area (Å²) in [4.78, 5) is 23.1. The van der Waals surface area contributed by atoms with Gasteiger partial charge in [-0.3, -0.25) is 14.9 Å². The van der Waals surface area contributed by atoms with Gasteiger partial charge in [-0.1, -0.05) is 18.2 Å². The first-order valence-electron chi connectivity index (χ1n) is 9.24. The highest BCUT2D eigenvalue weighted by Crippen LogP contribution is 2.27. The van der Waals surface area contributed by atoms with Crippen LogP contribution in [0.3, 0.4) is 0 Å². The van der Waals surface area contributed by atoms with Gasteiger partial charge in [0.25, 0.3) is 11.6 Å². The molecule has 7 heteroatoms. The van der Waals surface area contributed by atoms with Crippen molar-refractivity contribution in [1.82, 2.24) is 4.57 Å². The van der Waals surface area contributed by atoms with E-state index in [2.05, 4.69) is 5.32 Å². The van der Waals surface area contributed by atoms with Crippen LogP contribution in [0.15, 0.2) is 60.2 Å². The fourth-order valence-corrected chi connectivity index (χ4v) is 3.33. The van der Waals surface area contributed by atoms with Crippen LogP contribution in [-0.4, -0.2) is 15.4 Å². The Morgan fingerprint density at radius 2 is 1.83 bits per heavy atom. The standard InChI is InChI=1S/C23H20N4O3/c1-15-11-21(27(29)30)9-10-22(15)26-16(2)12-18(17(26)3)13-19(14-24)23(28)25-20-7-5-4-6-8-20/h4-13H,1-3H3,(H,25,28)/b19-13+. The number of nitro benzene ring substituents is 1. The molecule has 0 spiro atoms. The first-order valence-corrected chi connectivity index (χ1v) is 9.24. The van der Waals surface area contributed by atoms with Crippen LogP contribution in [0.1, 0.15) is 22.5 Å². The molecule has 0 aliphatic rings. The molecule has 2 aromatic carbocycles. The van der Waals surface area contributed by atoms with Crippen LogP contribution in [0, 0.1) is 42.2 Å². The van der Waals surface area contributed by atoms with E-state index in [1.165, 1.54) is 12.1 Å². The summed E-state index contributed by atoms with van der Waals surface area (Å²) < 4.78 is 1.95. The SMILES string of the molecule is Cc1cc([N+](=O)[O-])ccc1-n1c(C)cc(/C=C(\C#N)C(=O)Nc2ccccc2)c1C. The van der Waals surface area contributed by atoms with Gasteiger partial charge in [0.05, 0.1) is 4.92 Å². The summed E-state index contributed by atoms with van der Waals surface area (Å²) in [5.41, 5.74) is 4.62. The summed E-state index contributed by atoms with van der Waals surface area (Å²) >= 11 is 0. The molecule has 0 aliphatic heterocycles. The van der Waals surface area contributed by atoms with Crippen LogP contribution in [0.25, 0.3) is 11.8 Å². The third kappa shape index (κ3) is 4.13. The minimum Gasteiger partial charge on any atom is -0.321 e. The number of nitrogens with zero attached hydrogens (tertiary/aromatic N) is 3. The van der Waals surface area contributed by atoms with Gasteiger partial charge in [-0.05, 0) is 62.2 Å². The number of anilines is 1. The Hall–Kier alpha value is -4.18. The molecule has 7 nitrogen and oxygen atoms in total. The van der Waals surface area contributed by atoms with Crippen molar-refractivity contribution in [1.29, 1.82) is 5.26 Å². The third-order valence-corrected chi connectivity index (χ3v) is 4.80. The molecule has 3 rings (SSSR count). The Bertz CT molecular complexity index is 1200. The lowest BCUT2D eigenvalue weighted by atomic mass is 10.1. The zero-order chi connectivity index (χ0) is 21.8. The predicted molar refractivity (Wildman–Crippen MR) is 115 cm³/mol. The number of nitrogens with one attached hydrogen (secondary N) is 1. The average molecular weight is 400 g/mol. The van der Waals surface area contributed by atoms with Gasteiger partial charge in [-0.25, -0.2) is 0 Å². The third-order valence-electron chi connectivity index (χ3n) is 4.80. The number of aryl methyl sites for hydroxylation is 2. The number of non-ortho nitro benzene ring substituents is 1. The highest BCUT2D eigenvalue weighted by molar-refractivity contribution is 6.09. The highest BCUT2D eigenvalue weighted by Gasteiger charge is 2.16. The molecule has 0 aliphatic carbocycles. The first kappa shape index (κ1) is 20.6. The number of para-hydroxylation sites is 1. The number of amides is 1. The van der Waals surface area contributed by atoms with E-state index in [1.54, 1.807) is 36.4 Å². The van der Waals surface area contributed by atoms with Gasteiger partial charge in [-0.2, -0.15) is 5.26 Å². The second kappa shape index (κ2) is 8.45. The fourth-order valence-electron chi connectivity index (χ4n) is 3.33. The molecular formula is C23H20N4O3. The summed E-state index contributed by atoms with van der Waals surface area (Å²) in [7, 11) is 0. The number of nitro groups is 1. The van der Waals surface area contributed by atoms with Crippen molar-refractivity contribution in [2.24, 2.45) is 0 Å². The number of hydrogen-bond acceptors (Lipinski definition) is 4. The Morgan fingerprint density at radius 1 is 1.13 bits per heavy atom. The van der Waals surface area contributed by atoms with Crippen LogP contribution in [0.4, 0.5) is 11.4 Å². The van der Waals surface area contributed by atoms with E-state index in [1.807, 2.05) is 43.5 Å². The van der Waals surface area contributed by atoms with Crippen molar-refractivity contribution < 1.29 is 9.72 Å². The summed E-state index contributed by atoms with van der Waals surface area (Å²) in [6.45, 7) is 5.59. The maximum atomic E-state index is 12.5. The maximum Gasteiger partial charge on any atom is 0.269 e. The minimum atomic E-state index is -0.486. The van der Waals surface area contributed by atoms with Crippen LogP contribution >= 0.6 is 0 Å². The Morgan fingerprint density at radius 3 is 2.43 bits per heavy atom. The lowest BCUT2D eigenvalue weighted by Crippen LogP contribution is -2.13. The largest absolute Gasteiger partial charge is 0.321 e. The lowest BCUT2D eigenvalue weighted by molar-refractivity contribution is -0.384. The van der Waals surface area contributed by atoms with Gasteiger partial charge < -0.3 is 9.88 Å². The van der Waals surface area contributed by atoms with E-state index in [4.69, 9.17) is 0 Å². The zero-order valence-corrected chi connectivity index (χ0v) is 16.8. The van der Waals surface area contributed by atoms with Crippen molar-refractivity contribution >= 4 is 23.4 Å². The Kier molecular flexibility index (Phi) is 5.79. The number of hydrogen-bond donors (Lipinski definition) is 1. The molecule has 0 saturated heterocycles. The summed E-state index contributed by atoms with van der Waals surface area (Å²) in [6.07, 6.45) is 1.55. The molecule has 150 valence electrons. The minimum absolute atomic E-state index is 0.0143. The van der Waals surface area contributed by atoms with Crippen LogP contribution in [0.5, 0.6) is 0 Å². The number of carbonyl (C=O) groups is 1. The number of rotatable bonds is 5. The molecule has 0 fully saturated rings. The monoisotopic (exact) mass is 400 g/mol. The molecule has 0 bridgehead atoms. The van der Waals surface area contributed by atoms with Crippen LogP contribution in [-0.2, 0) is 4.79 Å². The maximum absolute atomic E-state index is 12.5.